The van der Waals surface area contributed by atoms with Crippen LogP contribution in [0.15, 0.2) is 102 Å². The fourth-order valence-electron chi connectivity index (χ4n) is 3.43. The average Bonchev–Trinajstić information content (AvgIpc) is 3.25. The second-order valence-electron chi connectivity index (χ2n) is 7.97. The molecule has 0 amide bonds. The molecule has 182 valence electrons. The number of imidazole rings is 1. The Bertz CT molecular complexity index is 1210. The molecule has 4 nitrogen and oxygen atoms in total. The Labute approximate surface area is 217 Å². The van der Waals surface area contributed by atoms with Crippen molar-refractivity contribution in [3.8, 4) is 0 Å². The van der Waals surface area contributed by atoms with Gasteiger partial charge in [-0.1, -0.05) is 104 Å². The van der Waals surface area contributed by atoms with Crippen LogP contribution in [0.2, 0.25) is 0 Å². The molecule has 0 spiro atoms. The van der Waals surface area contributed by atoms with Crippen molar-refractivity contribution in [2.24, 2.45) is 0 Å². The minimum absolute atomic E-state index is 0.160. The SMILES string of the molecule is C=C1/C=C\C=C/C(C)c2ccccc2C1.C=Cc1nc(/C(C)=C/C=C(Cl)\C=C\Cl)cn1CC(=O)O. The first kappa shape index (κ1) is 27.9. The van der Waals surface area contributed by atoms with Gasteiger partial charge in [0.25, 0.3) is 0 Å². The molecular formula is C29H30Cl2N2O2. The summed E-state index contributed by atoms with van der Waals surface area (Å²) in [6, 6.07) is 8.62. The highest BCUT2D eigenvalue weighted by atomic mass is 35.5. The zero-order chi connectivity index (χ0) is 25.8. The van der Waals surface area contributed by atoms with Crippen LogP contribution in [0, 0.1) is 0 Å². The zero-order valence-corrected chi connectivity index (χ0v) is 21.5. The monoisotopic (exact) mass is 508 g/mol. The predicted molar refractivity (Wildman–Crippen MR) is 149 cm³/mol. The number of halogens is 2. The van der Waals surface area contributed by atoms with Crippen LogP contribution < -0.4 is 0 Å². The topological polar surface area (TPSA) is 55.1 Å². The van der Waals surface area contributed by atoms with E-state index in [0.29, 0.717) is 22.5 Å². The number of fused-ring (bicyclic) bond motifs is 1. The van der Waals surface area contributed by atoms with Crippen LogP contribution in [0.3, 0.4) is 0 Å². The number of aliphatic carboxylic acids is 1. The Morgan fingerprint density at radius 1 is 1.29 bits per heavy atom. The van der Waals surface area contributed by atoms with Gasteiger partial charge in [-0.15, -0.1) is 0 Å². The lowest BCUT2D eigenvalue weighted by Gasteiger charge is -2.12. The Balaban J connectivity index is 0.000000256. The standard InChI is InChI=1S/C15H16.C14H14Cl2N2O2/c1-12-7-3-4-8-13(2)15-10-6-5-9-14(15)11-12;1-3-13-17-12(8-18(13)9-14(19)20)10(2)4-5-11(16)6-7-15/h3-10,13H,1,11H2,2H3;3-8H,1,9H2,2H3,(H,19,20)/b7-3-,8-4-;7-6+,10-4+,11-5+. The van der Waals surface area contributed by atoms with Crippen LogP contribution in [0.5, 0.6) is 0 Å². The maximum absolute atomic E-state index is 10.8. The van der Waals surface area contributed by atoms with Crippen LogP contribution in [0.25, 0.3) is 11.6 Å². The van der Waals surface area contributed by atoms with Gasteiger partial charge in [-0.3, -0.25) is 4.79 Å². The van der Waals surface area contributed by atoms with Gasteiger partial charge in [0.05, 0.1) is 5.69 Å². The van der Waals surface area contributed by atoms with E-state index in [1.165, 1.54) is 32.9 Å². The number of rotatable bonds is 6. The molecule has 1 N–H and O–H groups in total. The lowest BCUT2D eigenvalue weighted by Crippen LogP contribution is -2.09. The third-order valence-corrected chi connectivity index (χ3v) is 5.60. The molecule has 1 aliphatic rings. The van der Waals surface area contributed by atoms with Crippen LogP contribution in [0.1, 0.15) is 42.4 Å². The maximum atomic E-state index is 10.8. The van der Waals surface area contributed by atoms with E-state index in [9.17, 15) is 4.79 Å². The number of benzene rings is 1. The molecule has 1 atom stereocenters. The molecule has 3 rings (SSSR count). The summed E-state index contributed by atoms with van der Waals surface area (Å²) >= 11 is 11.3. The summed E-state index contributed by atoms with van der Waals surface area (Å²) < 4.78 is 1.52. The second kappa shape index (κ2) is 14.1. The van der Waals surface area contributed by atoms with Crippen molar-refractivity contribution >= 4 is 40.8 Å². The van der Waals surface area contributed by atoms with Gasteiger partial charge in [0.15, 0.2) is 0 Å². The van der Waals surface area contributed by atoms with Crippen LogP contribution >= 0.6 is 23.2 Å². The molecule has 1 unspecified atom stereocenters. The molecule has 0 saturated carbocycles. The van der Waals surface area contributed by atoms with Gasteiger partial charge in [0.1, 0.15) is 12.4 Å². The van der Waals surface area contributed by atoms with Crippen LogP contribution in [-0.4, -0.2) is 20.6 Å². The highest BCUT2D eigenvalue weighted by Gasteiger charge is 2.09. The Hall–Kier alpha value is -3.34. The van der Waals surface area contributed by atoms with E-state index in [-0.39, 0.29) is 6.54 Å². The summed E-state index contributed by atoms with van der Waals surface area (Å²) in [4.78, 5) is 15.1. The van der Waals surface area contributed by atoms with Crippen molar-refractivity contribution in [1.29, 1.82) is 0 Å². The van der Waals surface area contributed by atoms with Gasteiger partial charge in [0, 0.05) is 16.8 Å². The number of carbonyl (C=O) groups is 1. The molecule has 0 saturated heterocycles. The van der Waals surface area contributed by atoms with Crippen LogP contribution in [-0.2, 0) is 17.8 Å². The number of allylic oxidation sites excluding steroid dienone is 10. The van der Waals surface area contributed by atoms with E-state index < -0.39 is 5.97 Å². The highest BCUT2D eigenvalue weighted by molar-refractivity contribution is 6.33. The number of carboxylic acid groups (broad SMARTS) is 1. The molecule has 0 bridgehead atoms. The van der Waals surface area contributed by atoms with E-state index in [0.717, 1.165) is 12.0 Å². The first-order valence-electron chi connectivity index (χ1n) is 11.1. The quantitative estimate of drug-likeness (QED) is 0.403. The predicted octanol–water partition coefficient (Wildman–Crippen LogP) is 7.90. The van der Waals surface area contributed by atoms with Crippen molar-refractivity contribution in [2.45, 2.75) is 32.7 Å². The van der Waals surface area contributed by atoms with Crippen LogP contribution in [0.4, 0.5) is 0 Å². The number of carboxylic acids is 1. The van der Waals surface area contributed by atoms with E-state index in [1.54, 1.807) is 24.4 Å². The molecule has 0 fully saturated rings. The Morgan fingerprint density at radius 3 is 2.71 bits per heavy atom. The number of hydrogen-bond acceptors (Lipinski definition) is 2. The molecule has 1 aromatic carbocycles. The molecule has 0 aliphatic heterocycles. The van der Waals surface area contributed by atoms with Gasteiger partial charge in [0.2, 0.25) is 0 Å². The van der Waals surface area contributed by atoms with Crippen molar-refractivity contribution in [3.05, 3.63) is 125 Å². The van der Waals surface area contributed by atoms with Gasteiger partial charge in [-0.2, -0.15) is 0 Å². The molecular weight excluding hydrogens is 479 g/mol. The zero-order valence-electron chi connectivity index (χ0n) is 20.0. The highest BCUT2D eigenvalue weighted by Crippen LogP contribution is 2.24. The van der Waals surface area contributed by atoms with Crippen molar-refractivity contribution in [2.75, 3.05) is 0 Å². The Kier molecular flexibility index (Phi) is 11.3. The third-order valence-electron chi connectivity index (χ3n) is 5.22. The first-order chi connectivity index (χ1) is 16.7. The fraction of sp³-hybridized carbons (Fsp3) is 0.172. The molecule has 1 heterocycles. The van der Waals surface area contributed by atoms with Gasteiger partial charge in [-0.05, 0) is 54.2 Å². The fourth-order valence-corrected chi connectivity index (χ4v) is 3.76. The lowest BCUT2D eigenvalue weighted by atomic mass is 9.93. The first-order valence-corrected chi connectivity index (χ1v) is 11.9. The molecule has 2 aromatic rings. The lowest BCUT2D eigenvalue weighted by molar-refractivity contribution is -0.137. The second-order valence-corrected chi connectivity index (χ2v) is 8.66. The van der Waals surface area contributed by atoms with Crippen molar-refractivity contribution < 1.29 is 9.90 Å². The molecule has 1 aromatic heterocycles. The minimum Gasteiger partial charge on any atom is -0.480 e. The Morgan fingerprint density at radius 2 is 2.03 bits per heavy atom. The molecule has 6 heteroatoms. The van der Waals surface area contributed by atoms with E-state index >= 15 is 0 Å². The number of nitrogens with zero attached hydrogens (tertiary/aromatic N) is 2. The third kappa shape index (κ3) is 9.08. The summed E-state index contributed by atoms with van der Waals surface area (Å²) in [5.41, 5.74) is 6.81. The summed E-state index contributed by atoms with van der Waals surface area (Å²) in [7, 11) is 0. The molecule has 0 radical (unpaired) electrons. The summed E-state index contributed by atoms with van der Waals surface area (Å²) in [5, 5.41) is 9.31. The number of aromatic nitrogens is 2. The number of hydrogen-bond donors (Lipinski definition) is 1. The average molecular weight is 509 g/mol. The smallest absolute Gasteiger partial charge is 0.323 e. The summed E-state index contributed by atoms with van der Waals surface area (Å²) in [6.45, 7) is 11.6. The summed E-state index contributed by atoms with van der Waals surface area (Å²) in [5.74, 6) is 0.0523. The van der Waals surface area contributed by atoms with Crippen molar-refractivity contribution in [3.63, 3.8) is 0 Å². The van der Waals surface area contributed by atoms with E-state index in [2.05, 4.69) is 73.6 Å². The largest absolute Gasteiger partial charge is 0.480 e. The minimum atomic E-state index is -0.936. The molecule has 1 aliphatic carbocycles. The van der Waals surface area contributed by atoms with E-state index in [4.69, 9.17) is 28.3 Å². The normalized spacial score (nSPS) is 17.9. The van der Waals surface area contributed by atoms with Crippen molar-refractivity contribution in [1.82, 2.24) is 9.55 Å². The van der Waals surface area contributed by atoms with Gasteiger partial charge < -0.3 is 9.67 Å². The van der Waals surface area contributed by atoms with Gasteiger partial charge >= 0.3 is 5.97 Å². The maximum Gasteiger partial charge on any atom is 0.323 e. The summed E-state index contributed by atoms with van der Waals surface area (Å²) in [6.07, 6.45) is 17.6. The van der Waals surface area contributed by atoms with E-state index in [1.807, 2.05) is 6.92 Å². The van der Waals surface area contributed by atoms with Gasteiger partial charge in [-0.25, -0.2) is 4.98 Å². The molecule has 35 heavy (non-hydrogen) atoms.